The molecule has 0 aromatic heterocycles. The van der Waals surface area contributed by atoms with E-state index in [2.05, 4.69) is 6.92 Å². The van der Waals surface area contributed by atoms with Gasteiger partial charge in [-0.3, -0.25) is 9.69 Å². The molecule has 1 rings (SSSR count). The maximum Gasteiger partial charge on any atom is 0.231 e. The van der Waals surface area contributed by atoms with Crippen LogP contribution in [0.2, 0.25) is 0 Å². The van der Waals surface area contributed by atoms with Crippen LogP contribution in [0.5, 0.6) is 5.75 Å². The summed E-state index contributed by atoms with van der Waals surface area (Å²) in [6.45, 7) is 5.00. The zero-order valence-electron chi connectivity index (χ0n) is 12.2. The van der Waals surface area contributed by atoms with Crippen molar-refractivity contribution in [2.24, 2.45) is 11.5 Å². The van der Waals surface area contributed by atoms with Gasteiger partial charge in [0.15, 0.2) is 0 Å². The largest absolute Gasteiger partial charge is 0.492 e. The number of benzene rings is 1. The van der Waals surface area contributed by atoms with Crippen molar-refractivity contribution >= 4 is 5.91 Å². The van der Waals surface area contributed by atoms with Gasteiger partial charge >= 0.3 is 0 Å². The highest BCUT2D eigenvalue weighted by atomic mass is 16.5. The van der Waals surface area contributed by atoms with E-state index in [9.17, 15) is 4.79 Å². The first-order valence-electron chi connectivity index (χ1n) is 7.08. The molecular formula is C15H25N3O2. The number of carbonyl (C=O) groups is 1. The van der Waals surface area contributed by atoms with E-state index in [4.69, 9.17) is 16.2 Å². The molecule has 5 nitrogen and oxygen atoms in total. The van der Waals surface area contributed by atoms with Crippen LogP contribution in [0.15, 0.2) is 24.3 Å². The minimum Gasteiger partial charge on any atom is -0.492 e. The third-order valence-corrected chi connectivity index (χ3v) is 3.02. The Hall–Kier alpha value is -1.59. The van der Waals surface area contributed by atoms with Gasteiger partial charge in [0.05, 0.1) is 6.54 Å². The molecule has 1 aromatic rings. The fraction of sp³-hybridized carbons (Fsp3) is 0.533. The van der Waals surface area contributed by atoms with Crippen molar-refractivity contribution in [2.75, 3.05) is 26.2 Å². The highest BCUT2D eigenvalue weighted by molar-refractivity contribution is 5.75. The van der Waals surface area contributed by atoms with Crippen LogP contribution in [0.3, 0.4) is 0 Å². The molecule has 112 valence electrons. The monoisotopic (exact) mass is 279 g/mol. The SMILES string of the molecule is CCCCN(CCOc1cccc(CN)c1)CC(N)=O. The molecule has 0 aliphatic carbocycles. The number of primary amides is 1. The molecule has 1 aromatic carbocycles. The van der Waals surface area contributed by atoms with Gasteiger partial charge in [-0.15, -0.1) is 0 Å². The number of unbranched alkanes of at least 4 members (excludes halogenated alkanes) is 1. The minimum absolute atomic E-state index is 0.284. The summed E-state index contributed by atoms with van der Waals surface area (Å²) in [4.78, 5) is 13.0. The Balaban J connectivity index is 2.39. The number of amides is 1. The molecule has 0 saturated heterocycles. The second-order valence-electron chi connectivity index (χ2n) is 4.80. The molecule has 4 N–H and O–H groups in total. The quantitative estimate of drug-likeness (QED) is 0.672. The zero-order chi connectivity index (χ0) is 14.8. The molecular weight excluding hydrogens is 254 g/mol. The fourth-order valence-corrected chi connectivity index (χ4v) is 1.93. The van der Waals surface area contributed by atoms with Gasteiger partial charge in [-0.05, 0) is 30.7 Å². The summed E-state index contributed by atoms with van der Waals surface area (Å²) >= 11 is 0. The standard InChI is InChI=1S/C15H25N3O2/c1-2-3-7-18(12-15(17)19)8-9-20-14-6-4-5-13(10-14)11-16/h4-6,10H,2-3,7-9,11-12,16H2,1H3,(H2,17,19). The lowest BCUT2D eigenvalue weighted by atomic mass is 10.2. The van der Waals surface area contributed by atoms with Gasteiger partial charge < -0.3 is 16.2 Å². The molecule has 0 fully saturated rings. The molecule has 20 heavy (non-hydrogen) atoms. The summed E-state index contributed by atoms with van der Waals surface area (Å²) in [5, 5.41) is 0. The van der Waals surface area contributed by atoms with E-state index in [0.717, 1.165) is 30.7 Å². The molecule has 1 amide bonds. The summed E-state index contributed by atoms with van der Waals surface area (Å²) in [6, 6.07) is 7.73. The van der Waals surface area contributed by atoms with Gasteiger partial charge in [-0.1, -0.05) is 25.5 Å². The molecule has 0 unspecified atom stereocenters. The lowest BCUT2D eigenvalue weighted by Gasteiger charge is -2.20. The summed E-state index contributed by atoms with van der Waals surface area (Å²) < 4.78 is 5.69. The van der Waals surface area contributed by atoms with Gasteiger partial charge in [0.1, 0.15) is 12.4 Å². The van der Waals surface area contributed by atoms with Crippen molar-refractivity contribution < 1.29 is 9.53 Å². The van der Waals surface area contributed by atoms with E-state index in [0.29, 0.717) is 19.7 Å². The van der Waals surface area contributed by atoms with Crippen LogP contribution in [0, 0.1) is 0 Å². The lowest BCUT2D eigenvalue weighted by molar-refractivity contribution is -0.119. The Morgan fingerprint density at radius 1 is 1.35 bits per heavy atom. The summed E-state index contributed by atoms with van der Waals surface area (Å²) in [6.07, 6.45) is 2.14. The van der Waals surface area contributed by atoms with E-state index in [1.54, 1.807) is 0 Å². The Morgan fingerprint density at radius 3 is 2.80 bits per heavy atom. The first-order valence-corrected chi connectivity index (χ1v) is 7.08. The average Bonchev–Trinajstić information content (AvgIpc) is 2.44. The topological polar surface area (TPSA) is 81.6 Å². The Bertz CT molecular complexity index is 410. The van der Waals surface area contributed by atoms with Crippen molar-refractivity contribution in [1.29, 1.82) is 0 Å². The number of rotatable bonds is 10. The second-order valence-corrected chi connectivity index (χ2v) is 4.80. The predicted octanol–water partition coefficient (Wildman–Crippen LogP) is 1.11. The number of hydrogen-bond acceptors (Lipinski definition) is 4. The molecule has 0 saturated carbocycles. The van der Waals surface area contributed by atoms with Gasteiger partial charge in [0.25, 0.3) is 0 Å². The van der Waals surface area contributed by atoms with E-state index in [1.807, 2.05) is 29.2 Å². The number of hydrogen-bond donors (Lipinski definition) is 2. The summed E-state index contributed by atoms with van der Waals surface area (Å²) in [5.41, 5.74) is 11.9. The van der Waals surface area contributed by atoms with E-state index in [1.165, 1.54) is 0 Å². The maximum atomic E-state index is 11.0. The minimum atomic E-state index is -0.300. The first-order chi connectivity index (χ1) is 9.65. The number of ether oxygens (including phenoxy) is 1. The van der Waals surface area contributed by atoms with Crippen LogP contribution in [-0.4, -0.2) is 37.0 Å². The molecule has 5 heteroatoms. The maximum absolute atomic E-state index is 11.0. The number of nitrogens with two attached hydrogens (primary N) is 2. The molecule has 0 heterocycles. The Kier molecular flexibility index (Phi) is 7.69. The van der Waals surface area contributed by atoms with Gasteiger partial charge in [0.2, 0.25) is 5.91 Å². The van der Waals surface area contributed by atoms with Gasteiger partial charge in [-0.2, -0.15) is 0 Å². The first kappa shape index (κ1) is 16.5. The third kappa shape index (κ3) is 6.54. The predicted molar refractivity (Wildman–Crippen MR) is 80.4 cm³/mol. The van der Waals surface area contributed by atoms with Crippen molar-refractivity contribution in [3.63, 3.8) is 0 Å². The van der Waals surface area contributed by atoms with E-state index in [-0.39, 0.29) is 12.5 Å². The summed E-state index contributed by atoms with van der Waals surface area (Å²) in [7, 11) is 0. The molecule has 0 aliphatic heterocycles. The zero-order valence-corrected chi connectivity index (χ0v) is 12.2. The van der Waals surface area contributed by atoms with Crippen LogP contribution in [0.25, 0.3) is 0 Å². The third-order valence-electron chi connectivity index (χ3n) is 3.02. The molecule has 0 radical (unpaired) electrons. The highest BCUT2D eigenvalue weighted by Gasteiger charge is 2.07. The summed E-state index contributed by atoms with van der Waals surface area (Å²) in [5.74, 6) is 0.508. The van der Waals surface area contributed by atoms with Crippen molar-refractivity contribution in [2.45, 2.75) is 26.3 Å². The second kappa shape index (κ2) is 9.34. The van der Waals surface area contributed by atoms with Crippen molar-refractivity contribution in [3.8, 4) is 5.75 Å². The van der Waals surface area contributed by atoms with E-state index >= 15 is 0 Å². The van der Waals surface area contributed by atoms with Crippen molar-refractivity contribution in [3.05, 3.63) is 29.8 Å². The lowest BCUT2D eigenvalue weighted by Crippen LogP contribution is -2.37. The van der Waals surface area contributed by atoms with E-state index < -0.39 is 0 Å². The smallest absolute Gasteiger partial charge is 0.231 e. The molecule has 0 spiro atoms. The Labute approximate surface area is 120 Å². The van der Waals surface area contributed by atoms with Gasteiger partial charge in [-0.25, -0.2) is 0 Å². The molecule has 0 bridgehead atoms. The van der Waals surface area contributed by atoms with Crippen LogP contribution in [0.1, 0.15) is 25.3 Å². The van der Waals surface area contributed by atoms with Crippen LogP contribution in [0.4, 0.5) is 0 Å². The van der Waals surface area contributed by atoms with Gasteiger partial charge in [0, 0.05) is 13.1 Å². The highest BCUT2D eigenvalue weighted by Crippen LogP contribution is 2.12. The number of carbonyl (C=O) groups excluding carboxylic acids is 1. The Morgan fingerprint density at radius 2 is 2.15 bits per heavy atom. The van der Waals surface area contributed by atoms with Crippen molar-refractivity contribution in [1.82, 2.24) is 4.90 Å². The van der Waals surface area contributed by atoms with Crippen LogP contribution < -0.4 is 16.2 Å². The average molecular weight is 279 g/mol. The fourth-order valence-electron chi connectivity index (χ4n) is 1.93. The molecule has 0 atom stereocenters. The van der Waals surface area contributed by atoms with Crippen LogP contribution in [-0.2, 0) is 11.3 Å². The molecule has 0 aliphatic rings. The number of nitrogens with zero attached hydrogens (tertiary/aromatic N) is 1. The normalized spacial score (nSPS) is 10.8. The van der Waals surface area contributed by atoms with Crippen LogP contribution >= 0.6 is 0 Å².